The van der Waals surface area contributed by atoms with Gasteiger partial charge in [0, 0.05) is 23.9 Å². The van der Waals surface area contributed by atoms with Crippen molar-refractivity contribution >= 4 is 20.1 Å². The number of hydrogen-bond acceptors (Lipinski definition) is 5. The molecule has 0 aliphatic rings. The van der Waals surface area contributed by atoms with Crippen molar-refractivity contribution in [1.29, 1.82) is 0 Å². The fourth-order valence-corrected chi connectivity index (χ4v) is 3.90. The minimum atomic E-state index is -1.72. The smallest absolute Gasteiger partial charge is 0.414 e. The molecule has 0 unspecified atom stereocenters. The number of rotatable bonds is 9. The van der Waals surface area contributed by atoms with Gasteiger partial charge in [-0.1, -0.05) is 32.6 Å². The zero-order valence-corrected chi connectivity index (χ0v) is 24.9. The van der Waals surface area contributed by atoms with Crippen LogP contribution in [0.25, 0.3) is 0 Å². The lowest BCUT2D eigenvalue weighted by molar-refractivity contribution is 0.0589. The number of hydrogen-bond donors (Lipinski definition) is 0. The standard InChI is InChI=1S/C30H43NO5Si/c1-29(2,3)36-28(32)31(7)26-16-12-24(13-17-26)10-11-25-14-18-27(19-15-25)34-22-20-33-21-23-35-37(8,9)30(4,5)6/h12-19H,20-23H2,1-9H3. The molecule has 0 radical (unpaired) electrons. The predicted molar refractivity (Wildman–Crippen MR) is 153 cm³/mol. The van der Waals surface area contributed by atoms with Crippen LogP contribution in [-0.4, -0.2) is 53.5 Å². The third-order valence-corrected chi connectivity index (χ3v) is 10.7. The Hall–Kier alpha value is -2.79. The van der Waals surface area contributed by atoms with Gasteiger partial charge in [-0.25, -0.2) is 4.79 Å². The highest BCUT2D eigenvalue weighted by molar-refractivity contribution is 6.74. The Labute approximate surface area is 224 Å². The largest absolute Gasteiger partial charge is 0.491 e. The van der Waals surface area contributed by atoms with Gasteiger partial charge in [-0.2, -0.15) is 0 Å². The number of amides is 1. The topological polar surface area (TPSA) is 57.2 Å². The van der Waals surface area contributed by atoms with E-state index in [1.165, 1.54) is 4.90 Å². The Balaban J connectivity index is 1.76. The second kappa shape index (κ2) is 13.1. The Morgan fingerprint density at radius 1 is 0.811 bits per heavy atom. The van der Waals surface area contributed by atoms with Crippen LogP contribution in [0.4, 0.5) is 10.5 Å². The molecule has 0 aromatic heterocycles. The highest BCUT2D eigenvalue weighted by Crippen LogP contribution is 2.36. The van der Waals surface area contributed by atoms with Gasteiger partial charge in [0.1, 0.15) is 18.0 Å². The van der Waals surface area contributed by atoms with Crippen molar-refractivity contribution in [3.63, 3.8) is 0 Å². The SMILES string of the molecule is CN(C(=O)OC(C)(C)C)c1ccc(C#Cc2ccc(OCCOCCO[Si](C)(C)C(C)(C)C)cc2)cc1. The number of carbonyl (C=O) groups excluding carboxylic acids is 1. The van der Waals surface area contributed by atoms with E-state index in [4.69, 9.17) is 18.6 Å². The van der Waals surface area contributed by atoms with Crippen molar-refractivity contribution in [2.75, 3.05) is 38.4 Å². The second-order valence-electron chi connectivity index (χ2n) is 11.4. The molecule has 37 heavy (non-hydrogen) atoms. The highest BCUT2D eigenvalue weighted by atomic mass is 28.4. The molecule has 6 nitrogen and oxygen atoms in total. The molecule has 0 aliphatic carbocycles. The molecule has 2 rings (SSSR count). The van der Waals surface area contributed by atoms with Crippen LogP contribution in [0.2, 0.25) is 18.1 Å². The maximum absolute atomic E-state index is 12.2. The zero-order valence-electron chi connectivity index (χ0n) is 23.9. The van der Waals surface area contributed by atoms with Gasteiger partial charge in [0.15, 0.2) is 8.32 Å². The molecule has 2 aromatic rings. The Bertz CT molecular complexity index is 1050. The average molecular weight is 526 g/mol. The summed E-state index contributed by atoms with van der Waals surface area (Å²) in [5.41, 5.74) is 1.96. The van der Waals surface area contributed by atoms with E-state index in [0.717, 1.165) is 22.6 Å². The van der Waals surface area contributed by atoms with Gasteiger partial charge in [0.2, 0.25) is 0 Å². The first-order chi connectivity index (χ1) is 17.2. The number of ether oxygens (including phenoxy) is 3. The quantitative estimate of drug-likeness (QED) is 0.203. The minimum absolute atomic E-state index is 0.206. The van der Waals surface area contributed by atoms with E-state index in [9.17, 15) is 4.79 Å². The van der Waals surface area contributed by atoms with Crippen molar-refractivity contribution in [1.82, 2.24) is 0 Å². The molecule has 7 heteroatoms. The molecular formula is C30H43NO5Si. The molecule has 0 saturated carbocycles. The van der Waals surface area contributed by atoms with Gasteiger partial charge in [-0.15, -0.1) is 0 Å². The molecule has 0 spiro atoms. The summed E-state index contributed by atoms with van der Waals surface area (Å²) in [6.45, 7) is 18.9. The van der Waals surface area contributed by atoms with Crippen LogP contribution >= 0.6 is 0 Å². The lowest BCUT2D eigenvalue weighted by atomic mass is 10.1. The molecule has 0 aliphatic heterocycles. The molecule has 0 fully saturated rings. The fraction of sp³-hybridized carbons (Fsp3) is 0.500. The fourth-order valence-electron chi connectivity index (χ4n) is 2.88. The van der Waals surface area contributed by atoms with E-state index in [1.807, 2.05) is 69.3 Å². The van der Waals surface area contributed by atoms with Crippen LogP contribution < -0.4 is 9.64 Å². The monoisotopic (exact) mass is 525 g/mol. The van der Waals surface area contributed by atoms with E-state index in [2.05, 4.69) is 45.7 Å². The molecule has 0 saturated heterocycles. The van der Waals surface area contributed by atoms with E-state index in [1.54, 1.807) is 7.05 Å². The molecule has 0 bridgehead atoms. The summed E-state index contributed by atoms with van der Waals surface area (Å²) in [6, 6.07) is 15.2. The van der Waals surface area contributed by atoms with Crippen molar-refractivity contribution in [3.05, 3.63) is 59.7 Å². The first-order valence-corrected chi connectivity index (χ1v) is 15.6. The highest BCUT2D eigenvalue weighted by Gasteiger charge is 2.36. The van der Waals surface area contributed by atoms with Gasteiger partial charge in [0.05, 0.1) is 19.8 Å². The number of benzene rings is 2. The number of carbonyl (C=O) groups is 1. The Morgan fingerprint density at radius 3 is 1.84 bits per heavy atom. The summed E-state index contributed by atoms with van der Waals surface area (Å²) < 4.78 is 22.9. The van der Waals surface area contributed by atoms with Gasteiger partial charge in [-0.05, 0) is 87.4 Å². The molecule has 0 atom stereocenters. The summed E-state index contributed by atoms with van der Waals surface area (Å²) in [5, 5.41) is 0.206. The van der Waals surface area contributed by atoms with E-state index in [0.29, 0.717) is 26.4 Å². The zero-order chi connectivity index (χ0) is 27.7. The van der Waals surface area contributed by atoms with Gasteiger partial charge in [-0.3, -0.25) is 4.90 Å². The van der Waals surface area contributed by atoms with Gasteiger partial charge in [0.25, 0.3) is 0 Å². The van der Waals surface area contributed by atoms with E-state index in [-0.39, 0.29) is 5.04 Å². The Kier molecular flexibility index (Phi) is 10.8. The third-order valence-electron chi connectivity index (χ3n) is 6.12. The number of anilines is 1. The summed E-state index contributed by atoms with van der Waals surface area (Å²) in [7, 11) is -0.0303. The number of nitrogens with zero attached hydrogens (tertiary/aromatic N) is 1. The van der Waals surface area contributed by atoms with Crippen LogP contribution in [0, 0.1) is 11.8 Å². The summed E-state index contributed by atoms with van der Waals surface area (Å²) in [4.78, 5) is 13.7. The first-order valence-electron chi connectivity index (χ1n) is 12.7. The summed E-state index contributed by atoms with van der Waals surface area (Å²) in [6.07, 6.45) is -0.393. The molecule has 0 heterocycles. The average Bonchev–Trinajstić information content (AvgIpc) is 2.81. The van der Waals surface area contributed by atoms with Crippen LogP contribution in [0.1, 0.15) is 52.7 Å². The van der Waals surface area contributed by atoms with Crippen LogP contribution in [0.5, 0.6) is 5.75 Å². The third kappa shape index (κ3) is 10.6. The van der Waals surface area contributed by atoms with Crippen molar-refractivity contribution in [3.8, 4) is 17.6 Å². The molecular weight excluding hydrogens is 482 g/mol. The van der Waals surface area contributed by atoms with Crippen molar-refractivity contribution in [2.45, 2.75) is 65.3 Å². The lowest BCUT2D eigenvalue weighted by Gasteiger charge is -2.36. The summed E-state index contributed by atoms with van der Waals surface area (Å²) in [5.74, 6) is 7.09. The molecule has 0 N–H and O–H groups in total. The molecule has 202 valence electrons. The van der Waals surface area contributed by atoms with Crippen LogP contribution in [0.15, 0.2) is 48.5 Å². The van der Waals surface area contributed by atoms with E-state index < -0.39 is 20.0 Å². The van der Waals surface area contributed by atoms with Crippen molar-refractivity contribution in [2.24, 2.45) is 0 Å². The van der Waals surface area contributed by atoms with Gasteiger partial charge >= 0.3 is 6.09 Å². The van der Waals surface area contributed by atoms with Gasteiger partial charge < -0.3 is 18.6 Å². The minimum Gasteiger partial charge on any atom is -0.491 e. The van der Waals surface area contributed by atoms with Crippen molar-refractivity contribution < 1.29 is 23.4 Å². The maximum atomic E-state index is 12.2. The second-order valence-corrected chi connectivity index (χ2v) is 16.2. The molecule has 1 amide bonds. The lowest BCUT2D eigenvalue weighted by Crippen LogP contribution is -2.41. The predicted octanol–water partition coefficient (Wildman–Crippen LogP) is 6.87. The first kappa shape index (κ1) is 30.4. The molecule has 2 aromatic carbocycles. The Morgan fingerprint density at radius 2 is 1.32 bits per heavy atom. The summed E-state index contributed by atoms with van der Waals surface area (Å²) >= 11 is 0. The maximum Gasteiger partial charge on any atom is 0.414 e. The normalized spacial score (nSPS) is 11.9. The van der Waals surface area contributed by atoms with E-state index >= 15 is 0 Å². The van der Waals surface area contributed by atoms with Crippen LogP contribution in [0.3, 0.4) is 0 Å². The van der Waals surface area contributed by atoms with Crippen LogP contribution in [-0.2, 0) is 13.9 Å².